The molecule has 2 nitrogen and oxygen atoms in total. The van der Waals surface area contributed by atoms with Gasteiger partial charge in [0, 0.05) is 5.56 Å². The molecule has 0 spiro atoms. The van der Waals surface area contributed by atoms with Crippen LogP contribution < -0.4 is 0 Å². The molecule has 0 aromatic heterocycles. The first-order chi connectivity index (χ1) is 11.0. The van der Waals surface area contributed by atoms with E-state index in [1.165, 1.54) is 19.4 Å². The number of Topliss-reactive ketones (excluding diaryl/α,β-unsaturated/α-hetero) is 2. The van der Waals surface area contributed by atoms with Gasteiger partial charge >= 0.3 is 0 Å². The number of hydrogen-bond donors (Lipinski definition) is 0. The van der Waals surface area contributed by atoms with Gasteiger partial charge < -0.3 is 4.79 Å². The second kappa shape index (κ2) is 16.2. The predicted octanol–water partition coefficient (Wildman–Crippen LogP) is 5.76. The Morgan fingerprint density at radius 3 is 1.30 bits per heavy atom. The lowest BCUT2D eigenvalue weighted by molar-refractivity contribution is -0.114. The van der Waals surface area contributed by atoms with Crippen molar-refractivity contribution >= 4 is 11.6 Å². The zero-order valence-corrected chi connectivity index (χ0v) is 15.3. The Balaban J connectivity index is 0. The molecule has 0 radical (unpaired) electrons. The molecule has 2 rings (SSSR count). The van der Waals surface area contributed by atoms with Gasteiger partial charge in [0.1, 0.15) is 5.78 Å². The van der Waals surface area contributed by atoms with Crippen molar-refractivity contribution in [1.29, 1.82) is 0 Å². The van der Waals surface area contributed by atoms with E-state index in [1.54, 1.807) is 6.92 Å². The molecule has 0 bridgehead atoms. The van der Waals surface area contributed by atoms with Crippen molar-refractivity contribution < 1.29 is 9.59 Å². The van der Waals surface area contributed by atoms with Gasteiger partial charge in [0.15, 0.2) is 5.78 Å². The average molecular weight is 314 g/mol. The summed E-state index contributed by atoms with van der Waals surface area (Å²) in [5, 5.41) is 0. The number of benzene rings is 2. The van der Waals surface area contributed by atoms with Gasteiger partial charge in [0.2, 0.25) is 0 Å². The Morgan fingerprint density at radius 2 is 1.09 bits per heavy atom. The summed E-state index contributed by atoms with van der Waals surface area (Å²) in [6.45, 7) is 10.8. The standard InChI is InChI=1S/C8H8O.C8H10.C3H6O.C2H6/c1-7(9)8-5-3-2-4-6-8;1-2-8-6-4-3-5-7-8;1-3(2)4;1-2/h2-6H,1H3;3-7H,2H2,1H3;1-2H3;1-2H3. The number of rotatable bonds is 2. The summed E-state index contributed by atoms with van der Waals surface area (Å²) in [6.07, 6.45) is 1.14. The minimum atomic E-state index is 0.121. The lowest BCUT2D eigenvalue weighted by Gasteiger charge is -1.89. The molecule has 2 aromatic carbocycles. The molecule has 0 atom stereocenters. The first-order valence-corrected chi connectivity index (χ1v) is 8.04. The molecule has 2 heteroatoms. The van der Waals surface area contributed by atoms with Gasteiger partial charge in [0.25, 0.3) is 0 Å². The van der Waals surface area contributed by atoms with Gasteiger partial charge in [0.05, 0.1) is 0 Å². The van der Waals surface area contributed by atoms with Gasteiger partial charge in [-0.15, -0.1) is 0 Å². The van der Waals surface area contributed by atoms with E-state index in [9.17, 15) is 9.59 Å². The maximum atomic E-state index is 10.6. The third kappa shape index (κ3) is 16.0. The van der Waals surface area contributed by atoms with Crippen molar-refractivity contribution in [3.8, 4) is 0 Å². The summed E-state index contributed by atoms with van der Waals surface area (Å²) in [5.41, 5.74) is 2.19. The highest BCUT2D eigenvalue weighted by molar-refractivity contribution is 5.93. The SMILES string of the molecule is CC.CC(=O)c1ccccc1.CC(C)=O.CCc1ccccc1. The van der Waals surface area contributed by atoms with E-state index in [1.807, 2.05) is 50.2 Å². The Hall–Kier alpha value is -2.22. The average Bonchev–Trinajstić information content (AvgIpc) is 2.58. The van der Waals surface area contributed by atoms with Crippen molar-refractivity contribution in [2.45, 2.75) is 48.0 Å². The molecule has 0 fully saturated rings. The van der Waals surface area contributed by atoms with Crippen LogP contribution in [0, 0.1) is 0 Å². The van der Waals surface area contributed by atoms with Crippen LogP contribution in [0.4, 0.5) is 0 Å². The van der Waals surface area contributed by atoms with Crippen LogP contribution in [0.1, 0.15) is 57.5 Å². The Labute approximate surface area is 141 Å². The highest BCUT2D eigenvalue weighted by Crippen LogP contribution is 1.98. The van der Waals surface area contributed by atoms with Crippen LogP contribution in [0.2, 0.25) is 0 Å². The van der Waals surface area contributed by atoms with Gasteiger partial charge in [-0.1, -0.05) is 81.4 Å². The summed E-state index contributed by atoms with van der Waals surface area (Å²) in [5.74, 6) is 0.288. The zero-order valence-electron chi connectivity index (χ0n) is 15.3. The van der Waals surface area contributed by atoms with Crippen LogP contribution in [-0.4, -0.2) is 11.6 Å². The van der Waals surface area contributed by atoms with Crippen molar-refractivity contribution in [2.75, 3.05) is 0 Å². The summed E-state index contributed by atoms with van der Waals surface area (Å²) >= 11 is 0. The van der Waals surface area contributed by atoms with Crippen LogP contribution in [0.15, 0.2) is 60.7 Å². The van der Waals surface area contributed by atoms with Crippen molar-refractivity contribution in [3.05, 3.63) is 71.8 Å². The van der Waals surface area contributed by atoms with Gasteiger partial charge in [-0.3, -0.25) is 4.79 Å². The number of aryl methyl sites for hydroxylation is 1. The molecular weight excluding hydrogens is 284 g/mol. The third-order valence-electron chi connectivity index (χ3n) is 2.43. The third-order valence-corrected chi connectivity index (χ3v) is 2.43. The number of ketones is 2. The molecule has 0 heterocycles. The second-order valence-electron chi connectivity index (χ2n) is 4.67. The molecule has 0 N–H and O–H groups in total. The first-order valence-electron chi connectivity index (χ1n) is 8.04. The fourth-order valence-electron chi connectivity index (χ4n) is 1.39. The summed E-state index contributed by atoms with van der Waals surface area (Å²) in [4.78, 5) is 20.1. The zero-order chi connectivity index (χ0) is 18.1. The van der Waals surface area contributed by atoms with E-state index in [-0.39, 0.29) is 11.6 Å². The van der Waals surface area contributed by atoms with E-state index in [4.69, 9.17) is 0 Å². The smallest absolute Gasteiger partial charge is 0.159 e. The number of carbonyl (C=O) groups is 2. The predicted molar refractivity (Wildman–Crippen MR) is 100.0 cm³/mol. The normalized spacial score (nSPS) is 8.09. The number of carbonyl (C=O) groups excluding carboxylic acids is 2. The van der Waals surface area contributed by atoms with Crippen LogP contribution in [-0.2, 0) is 11.2 Å². The van der Waals surface area contributed by atoms with E-state index in [0.29, 0.717) is 0 Å². The fourth-order valence-corrected chi connectivity index (χ4v) is 1.39. The second-order valence-corrected chi connectivity index (χ2v) is 4.67. The van der Waals surface area contributed by atoms with Crippen molar-refractivity contribution in [1.82, 2.24) is 0 Å². The van der Waals surface area contributed by atoms with Crippen molar-refractivity contribution in [3.63, 3.8) is 0 Å². The molecular formula is C21H30O2. The highest BCUT2D eigenvalue weighted by atomic mass is 16.1. The minimum Gasteiger partial charge on any atom is -0.300 e. The molecule has 23 heavy (non-hydrogen) atoms. The maximum absolute atomic E-state index is 10.6. The van der Waals surface area contributed by atoms with Crippen LogP contribution in [0.5, 0.6) is 0 Å². The first kappa shape index (κ1) is 23.1. The largest absolute Gasteiger partial charge is 0.300 e. The van der Waals surface area contributed by atoms with E-state index in [0.717, 1.165) is 12.0 Å². The summed E-state index contributed by atoms with van der Waals surface area (Å²) in [6, 6.07) is 19.7. The molecule has 0 aliphatic rings. The molecule has 2 aromatic rings. The monoisotopic (exact) mass is 314 g/mol. The van der Waals surface area contributed by atoms with E-state index < -0.39 is 0 Å². The summed E-state index contributed by atoms with van der Waals surface area (Å²) in [7, 11) is 0. The van der Waals surface area contributed by atoms with Gasteiger partial charge in [-0.2, -0.15) is 0 Å². The quantitative estimate of drug-likeness (QED) is 0.660. The van der Waals surface area contributed by atoms with Crippen molar-refractivity contribution in [2.24, 2.45) is 0 Å². The minimum absolute atomic E-state index is 0.121. The topological polar surface area (TPSA) is 34.1 Å². The highest BCUT2D eigenvalue weighted by Gasteiger charge is 1.92. The molecule has 0 saturated heterocycles. The van der Waals surface area contributed by atoms with E-state index in [2.05, 4.69) is 31.2 Å². The van der Waals surface area contributed by atoms with Gasteiger partial charge in [-0.25, -0.2) is 0 Å². The number of hydrogen-bond acceptors (Lipinski definition) is 2. The molecule has 0 unspecified atom stereocenters. The van der Waals surface area contributed by atoms with Crippen LogP contribution in [0.25, 0.3) is 0 Å². The lowest BCUT2D eigenvalue weighted by atomic mass is 10.2. The Kier molecular flexibility index (Phi) is 16.2. The Morgan fingerprint density at radius 1 is 0.739 bits per heavy atom. The molecule has 0 aliphatic carbocycles. The fraction of sp³-hybridized carbons (Fsp3) is 0.333. The molecule has 0 aliphatic heterocycles. The molecule has 126 valence electrons. The van der Waals surface area contributed by atoms with E-state index >= 15 is 0 Å². The maximum Gasteiger partial charge on any atom is 0.159 e. The van der Waals surface area contributed by atoms with Crippen LogP contribution in [0.3, 0.4) is 0 Å². The molecule has 0 amide bonds. The van der Waals surface area contributed by atoms with Crippen LogP contribution >= 0.6 is 0 Å². The molecule has 0 saturated carbocycles. The lowest BCUT2D eigenvalue weighted by Crippen LogP contribution is -1.88. The summed E-state index contributed by atoms with van der Waals surface area (Å²) < 4.78 is 0. The van der Waals surface area contributed by atoms with Gasteiger partial charge in [-0.05, 0) is 32.8 Å². The Bertz CT molecular complexity index is 512.